The van der Waals surface area contributed by atoms with Gasteiger partial charge in [0.05, 0.1) is 18.5 Å². The predicted octanol–water partition coefficient (Wildman–Crippen LogP) is 3.97. The second-order valence-corrected chi connectivity index (χ2v) is 8.71. The third-order valence-corrected chi connectivity index (χ3v) is 5.77. The Morgan fingerprint density at radius 2 is 1.75 bits per heavy atom. The van der Waals surface area contributed by atoms with E-state index in [0.717, 1.165) is 18.4 Å². The van der Waals surface area contributed by atoms with Gasteiger partial charge in [-0.3, -0.25) is 14.7 Å². The van der Waals surface area contributed by atoms with Crippen molar-refractivity contribution in [1.82, 2.24) is 25.8 Å². The first-order valence-electron chi connectivity index (χ1n) is 12.2. The maximum absolute atomic E-state index is 12.7. The number of hydrogen-bond acceptors (Lipinski definition) is 7. The zero-order chi connectivity index (χ0) is 26.2. The van der Waals surface area contributed by atoms with Crippen LogP contribution in [0.5, 0.6) is 0 Å². The van der Waals surface area contributed by atoms with E-state index >= 15 is 0 Å². The summed E-state index contributed by atoms with van der Waals surface area (Å²) in [6.45, 7) is 9.62. The third-order valence-electron chi connectivity index (χ3n) is 5.77. The first-order chi connectivity index (χ1) is 17.3. The topological polar surface area (TPSA) is 139 Å². The summed E-state index contributed by atoms with van der Waals surface area (Å²) in [6.07, 6.45) is 3.01. The second-order valence-electron chi connectivity index (χ2n) is 8.71. The Kier molecular flexibility index (Phi) is 8.99. The third kappa shape index (κ3) is 6.38. The molecule has 3 N–H and O–H groups in total. The standard InChI is InChI=1S/C26H33N5O5/c1-6-18(7-2)28-23(32)20-13-19(30-31-20)16-10-9-11-17(12-16)25-27-14-21(36-25)24(33)29-22(15(4)5)26(34)35-8-3/h9-15,18,22H,6-8H2,1-5H3,(H,28,32)(H,29,33)(H,30,31)/t22-/m0/s1. The fraction of sp³-hybridized carbons (Fsp3) is 0.423. The summed E-state index contributed by atoms with van der Waals surface area (Å²) >= 11 is 0. The molecule has 0 unspecified atom stereocenters. The maximum Gasteiger partial charge on any atom is 0.328 e. The minimum atomic E-state index is -0.801. The van der Waals surface area contributed by atoms with Gasteiger partial charge >= 0.3 is 5.97 Å². The normalized spacial score (nSPS) is 12.0. The number of oxazole rings is 1. The Morgan fingerprint density at radius 1 is 1.03 bits per heavy atom. The van der Waals surface area contributed by atoms with Crippen LogP contribution in [-0.4, -0.2) is 51.7 Å². The Labute approximate surface area is 210 Å². The summed E-state index contributed by atoms with van der Waals surface area (Å²) < 4.78 is 10.7. The van der Waals surface area contributed by atoms with Crippen LogP contribution < -0.4 is 10.6 Å². The molecule has 0 aliphatic rings. The molecule has 0 radical (unpaired) electrons. The Morgan fingerprint density at radius 3 is 2.42 bits per heavy atom. The lowest BCUT2D eigenvalue weighted by Crippen LogP contribution is -2.45. The van der Waals surface area contributed by atoms with Crippen molar-refractivity contribution in [2.45, 2.75) is 59.5 Å². The molecule has 3 aromatic rings. The van der Waals surface area contributed by atoms with Crippen LogP contribution in [0.3, 0.4) is 0 Å². The Bertz CT molecular complexity index is 1190. The highest BCUT2D eigenvalue weighted by Crippen LogP contribution is 2.26. The molecule has 0 bridgehead atoms. The van der Waals surface area contributed by atoms with Gasteiger partial charge in [-0.15, -0.1) is 0 Å². The largest absolute Gasteiger partial charge is 0.464 e. The van der Waals surface area contributed by atoms with E-state index in [9.17, 15) is 14.4 Å². The van der Waals surface area contributed by atoms with Crippen molar-refractivity contribution < 1.29 is 23.5 Å². The number of nitrogens with one attached hydrogen (secondary N) is 3. The molecule has 2 heterocycles. The number of benzene rings is 1. The number of nitrogens with zero attached hydrogens (tertiary/aromatic N) is 2. The molecule has 0 fully saturated rings. The van der Waals surface area contributed by atoms with Crippen molar-refractivity contribution in [3.8, 4) is 22.7 Å². The molecular weight excluding hydrogens is 462 g/mol. The molecule has 10 heteroatoms. The van der Waals surface area contributed by atoms with Gasteiger partial charge in [0.25, 0.3) is 11.8 Å². The monoisotopic (exact) mass is 495 g/mol. The fourth-order valence-corrected chi connectivity index (χ4v) is 3.61. The molecule has 10 nitrogen and oxygen atoms in total. The van der Waals surface area contributed by atoms with Crippen LogP contribution in [0.1, 0.15) is 68.5 Å². The molecule has 0 aliphatic carbocycles. The lowest BCUT2D eigenvalue weighted by atomic mass is 10.0. The lowest BCUT2D eigenvalue weighted by molar-refractivity contribution is -0.146. The first-order valence-corrected chi connectivity index (χ1v) is 12.2. The molecule has 3 rings (SSSR count). The average molecular weight is 496 g/mol. The van der Waals surface area contributed by atoms with Crippen LogP contribution in [0.4, 0.5) is 0 Å². The molecule has 0 spiro atoms. The van der Waals surface area contributed by atoms with Gasteiger partial charge in [0.15, 0.2) is 0 Å². The average Bonchev–Trinajstić information content (AvgIpc) is 3.56. The molecule has 0 aliphatic heterocycles. The van der Waals surface area contributed by atoms with Gasteiger partial charge in [0.2, 0.25) is 11.7 Å². The number of amides is 2. The highest BCUT2D eigenvalue weighted by atomic mass is 16.5. The van der Waals surface area contributed by atoms with Gasteiger partial charge < -0.3 is 19.8 Å². The van der Waals surface area contributed by atoms with Crippen LogP contribution in [0.25, 0.3) is 22.7 Å². The van der Waals surface area contributed by atoms with Crippen LogP contribution in [0.2, 0.25) is 0 Å². The van der Waals surface area contributed by atoms with Crippen LogP contribution in [0, 0.1) is 5.92 Å². The molecule has 0 saturated carbocycles. The lowest BCUT2D eigenvalue weighted by Gasteiger charge is -2.19. The van der Waals surface area contributed by atoms with Crippen molar-refractivity contribution >= 4 is 17.8 Å². The number of aromatic nitrogens is 3. The van der Waals surface area contributed by atoms with E-state index in [2.05, 4.69) is 25.8 Å². The molecule has 2 amide bonds. The van der Waals surface area contributed by atoms with E-state index in [1.165, 1.54) is 6.20 Å². The fourth-order valence-electron chi connectivity index (χ4n) is 3.61. The minimum Gasteiger partial charge on any atom is -0.464 e. The summed E-state index contributed by atoms with van der Waals surface area (Å²) in [5, 5.41) is 12.7. The molecule has 192 valence electrons. The van der Waals surface area contributed by atoms with Gasteiger partial charge in [-0.1, -0.05) is 39.8 Å². The van der Waals surface area contributed by atoms with Crippen molar-refractivity contribution in [3.05, 3.63) is 48.0 Å². The summed E-state index contributed by atoms with van der Waals surface area (Å²) in [4.78, 5) is 41.6. The van der Waals surface area contributed by atoms with Crippen LogP contribution >= 0.6 is 0 Å². The van der Waals surface area contributed by atoms with Gasteiger partial charge in [-0.05, 0) is 43.9 Å². The van der Waals surface area contributed by atoms with E-state index in [1.807, 2.05) is 45.9 Å². The van der Waals surface area contributed by atoms with E-state index in [1.54, 1.807) is 19.1 Å². The van der Waals surface area contributed by atoms with E-state index in [-0.39, 0.29) is 36.1 Å². The number of hydrogen-bond donors (Lipinski definition) is 3. The van der Waals surface area contributed by atoms with Crippen molar-refractivity contribution in [2.24, 2.45) is 5.92 Å². The zero-order valence-corrected chi connectivity index (χ0v) is 21.3. The molecule has 1 aromatic carbocycles. The smallest absolute Gasteiger partial charge is 0.328 e. The van der Waals surface area contributed by atoms with Crippen molar-refractivity contribution in [3.63, 3.8) is 0 Å². The highest BCUT2D eigenvalue weighted by molar-refractivity contribution is 5.95. The van der Waals surface area contributed by atoms with E-state index in [0.29, 0.717) is 17.0 Å². The molecule has 1 atom stereocenters. The number of ether oxygens (including phenoxy) is 1. The zero-order valence-electron chi connectivity index (χ0n) is 21.3. The number of rotatable bonds is 11. The summed E-state index contributed by atoms with van der Waals surface area (Å²) in [5.41, 5.74) is 2.34. The summed E-state index contributed by atoms with van der Waals surface area (Å²) in [6, 6.07) is 8.25. The quantitative estimate of drug-likeness (QED) is 0.342. The van der Waals surface area contributed by atoms with E-state index in [4.69, 9.17) is 9.15 Å². The van der Waals surface area contributed by atoms with E-state index < -0.39 is 17.9 Å². The van der Waals surface area contributed by atoms with Crippen molar-refractivity contribution in [2.75, 3.05) is 6.61 Å². The van der Waals surface area contributed by atoms with Crippen LogP contribution in [-0.2, 0) is 9.53 Å². The Balaban J connectivity index is 1.75. The SMILES string of the molecule is CCOC(=O)[C@@H](NC(=O)c1cnc(-c2cccc(-c3cc(C(=O)NC(CC)CC)[nH]n3)c2)o1)C(C)C. The minimum absolute atomic E-state index is 0.0227. The molecule has 2 aromatic heterocycles. The maximum atomic E-state index is 12.7. The molecule has 0 saturated heterocycles. The number of aromatic amines is 1. The number of esters is 1. The molecule has 36 heavy (non-hydrogen) atoms. The summed E-state index contributed by atoms with van der Waals surface area (Å²) in [7, 11) is 0. The van der Waals surface area contributed by atoms with Gasteiger partial charge in [-0.2, -0.15) is 5.10 Å². The number of carbonyl (C=O) groups excluding carboxylic acids is 3. The highest BCUT2D eigenvalue weighted by Gasteiger charge is 2.27. The van der Waals surface area contributed by atoms with Gasteiger partial charge in [-0.25, -0.2) is 9.78 Å². The first kappa shape index (κ1) is 26.7. The summed E-state index contributed by atoms with van der Waals surface area (Å²) in [5.74, 6) is -1.21. The van der Waals surface area contributed by atoms with Crippen LogP contribution in [0.15, 0.2) is 40.9 Å². The second kappa shape index (κ2) is 12.1. The Hall–Kier alpha value is -3.95. The van der Waals surface area contributed by atoms with Gasteiger partial charge in [0, 0.05) is 17.2 Å². The predicted molar refractivity (Wildman–Crippen MR) is 134 cm³/mol. The number of carbonyl (C=O) groups is 3. The number of H-pyrrole nitrogens is 1. The van der Waals surface area contributed by atoms with Crippen molar-refractivity contribution in [1.29, 1.82) is 0 Å². The molecular formula is C26H33N5O5. The van der Waals surface area contributed by atoms with Gasteiger partial charge in [0.1, 0.15) is 11.7 Å².